The molecule has 118 valence electrons. The van der Waals surface area contributed by atoms with Crippen LogP contribution < -0.4 is 10.2 Å². The predicted octanol–water partition coefficient (Wildman–Crippen LogP) is 2.21. The van der Waals surface area contributed by atoms with Gasteiger partial charge < -0.3 is 10.2 Å². The van der Waals surface area contributed by atoms with Gasteiger partial charge in [0.05, 0.1) is 12.7 Å². The maximum atomic E-state index is 13.6. The quantitative estimate of drug-likeness (QED) is 0.810. The first-order valence-electron chi connectivity index (χ1n) is 6.68. The van der Waals surface area contributed by atoms with E-state index >= 15 is 0 Å². The average Bonchev–Trinajstić information content (AvgIpc) is 2.99. The zero-order valence-electron chi connectivity index (χ0n) is 12.1. The zero-order valence-corrected chi connectivity index (χ0v) is 12.9. The van der Waals surface area contributed by atoms with E-state index in [1.807, 2.05) is 23.9 Å². The number of rotatable bonds is 5. The lowest BCUT2D eigenvalue weighted by Gasteiger charge is -2.20. The SMILES string of the molecule is C[C@H](C(=O)Nc1ccc(F)c(F)c1F)[NH+](C)Cc1ccsc1. The van der Waals surface area contributed by atoms with E-state index in [4.69, 9.17) is 0 Å². The first-order valence-corrected chi connectivity index (χ1v) is 7.62. The van der Waals surface area contributed by atoms with Crippen LogP contribution in [0.25, 0.3) is 0 Å². The Bertz CT molecular complexity index is 661. The van der Waals surface area contributed by atoms with Gasteiger partial charge in [0.1, 0.15) is 6.54 Å². The van der Waals surface area contributed by atoms with Crippen molar-refractivity contribution in [2.75, 3.05) is 12.4 Å². The van der Waals surface area contributed by atoms with Gasteiger partial charge in [-0.3, -0.25) is 4.79 Å². The molecule has 1 aromatic heterocycles. The minimum atomic E-state index is -1.59. The van der Waals surface area contributed by atoms with Crippen LogP contribution in [0.1, 0.15) is 12.5 Å². The van der Waals surface area contributed by atoms with Crippen molar-refractivity contribution in [1.29, 1.82) is 0 Å². The normalized spacial score (nSPS) is 13.7. The second-order valence-electron chi connectivity index (χ2n) is 5.09. The van der Waals surface area contributed by atoms with Crippen LogP contribution in [0, 0.1) is 17.5 Å². The highest BCUT2D eigenvalue weighted by Gasteiger charge is 2.24. The summed E-state index contributed by atoms with van der Waals surface area (Å²) in [7, 11) is 1.84. The Hall–Kier alpha value is -1.86. The smallest absolute Gasteiger partial charge is 0.282 e. The Labute approximate surface area is 130 Å². The molecule has 1 amide bonds. The number of carbonyl (C=O) groups excluding carboxylic acids is 1. The largest absolute Gasteiger partial charge is 0.324 e. The molecular formula is C15H16F3N2OS+. The van der Waals surface area contributed by atoms with Crippen LogP contribution >= 0.6 is 11.3 Å². The topological polar surface area (TPSA) is 33.5 Å². The van der Waals surface area contributed by atoms with E-state index in [0.29, 0.717) is 6.54 Å². The third kappa shape index (κ3) is 3.66. The minimum absolute atomic E-state index is 0.362. The molecule has 0 aliphatic heterocycles. The highest BCUT2D eigenvalue weighted by molar-refractivity contribution is 7.07. The lowest BCUT2D eigenvalue weighted by atomic mass is 10.2. The summed E-state index contributed by atoms with van der Waals surface area (Å²) in [6.07, 6.45) is 0. The van der Waals surface area contributed by atoms with E-state index in [0.717, 1.165) is 22.6 Å². The van der Waals surface area contributed by atoms with Crippen molar-refractivity contribution in [2.24, 2.45) is 0 Å². The molecule has 0 saturated heterocycles. The van der Waals surface area contributed by atoms with Gasteiger partial charge in [0.2, 0.25) is 0 Å². The van der Waals surface area contributed by atoms with Crippen LogP contribution in [0.15, 0.2) is 29.0 Å². The molecule has 22 heavy (non-hydrogen) atoms. The number of amides is 1. The van der Waals surface area contributed by atoms with Crippen molar-refractivity contribution in [1.82, 2.24) is 0 Å². The molecule has 2 N–H and O–H groups in total. The second kappa shape index (κ2) is 6.93. The first-order chi connectivity index (χ1) is 10.4. The molecule has 1 aromatic carbocycles. The van der Waals surface area contributed by atoms with Gasteiger partial charge in [0.15, 0.2) is 23.5 Å². The Morgan fingerprint density at radius 1 is 1.27 bits per heavy atom. The van der Waals surface area contributed by atoms with E-state index in [-0.39, 0.29) is 5.69 Å². The molecule has 3 nitrogen and oxygen atoms in total. The van der Waals surface area contributed by atoms with Crippen molar-refractivity contribution in [3.05, 3.63) is 52.0 Å². The zero-order chi connectivity index (χ0) is 16.3. The third-order valence-electron chi connectivity index (χ3n) is 3.49. The van der Waals surface area contributed by atoms with Gasteiger partial charge in [-0.05, 0) is 35.9 Å². The number of nitrogens with one attached hydrogen (secondary N) is 2. The van der Waals surface area contributed by atoms with E-state index in [2.05, 4.69) is 5.32 Å². The van der Waals surface area contributed by atoms with E-state index in [9.17, 15) is 18.0 Å². The first kappa shape index (κ1) is 16.5. The molecule has 0 spiro atoms. The fraction of sp³-hybridized carbons (Fsp3) is 0.267. The number of hydrogen-bond donors (Lipinski definition) is 2. The average molecular weight is 329 g/mol. The highest BCUT2D eigenvalue weighted by atomic mass is 32.1. The summed E-state index contributed by atoms with van der Waals surface area (Å²) in [5.74, 6) is -4.73. The van der Waals surface area contributed by atoms with Crippen LogP contribution in [-0.4, -0.2) is 19.0 Å². The monoisotopic (exact) mass is 329 g/mol. The van der Waals surface area contributed by atoms with Crippen molar-refractivity contribution in [3.63, 3.8) is 0 Å². The maximum Gasteiger partial charge on any atom is 0.282 e. The summed E-state index contributed by atoms with van der Waals surface area (Å²) >= 11 is 1.57. The van der Waals surface area contributed by atoms with E-state index in [1.165, 1.54) is 0 Å². The highest BCUT2D eigenvalue weighted by Crippen LogP contribution is 2.19. The van der Waals surface area contributed by atoms with Gasteiger partial charge in [-0.2, -0.15) is 11.3 Å². The molecule has 1 heterocycles. The van der Waals surface area contributed by atoms with E-state index in [1.54, 1.807) is 18.3 Å². The molecule has 0 bridgehead atoms. The van der Waals surface area contributed by atoms with Gasteiger partial charge in [-0.15, -0.1) is 0 Å². The molecule has 0 radical (unpaired) electrons. The number of thiophene rings is 1. The Morgan fingerprint density at radius 2 is 2.00 bits per heavy atom. The fourth-order valence-corrected chi connectivity index (χ4v) is 2.62. The molecule has 0 fully saturated rings. The van der Waals surface area contributed by atoms with Gasteiger partial charge in [-0.1, -0.05) is 0 Å². The Balaban J connectivity index is 2.03. The number of carbonyl (C=O) groups is 1. The van der Waals surface area contributed by atoms with Crippen LogP contribution in [0.4, 0.5) is 18.9 Å². The number of quaternary nitrogens is 1. The number of hydrogen-bond acceptors (Lipinski definition) is 2. The van der Waals surface area contributed by atoms with Crippen molar-refractivity contribution >= 4 is 22.9 Å². The number of halogens is 3. The van der Waals surface area contributed by atoms with Crippen molar-refractivity contribution in [2.45, 2.75) is 19.5 Å². The van der Waals surface area contributed by atoms with Gasteiger partial charge in [0.25, 0.3) is 5.91 Å². The van der Waals surface area contributed by atoms with Crippen molar-refractivity contribution in [3.8, 4) is 0 Å². The summed E-state index contributed by atoms with van der Waals surface area (Å²) in [6.45, 7) is 2.33. The molecule has 0 aliphatic carbocycles. The maximum absolute atomic E-state index is 13.6. The molecule has 2 atom stereocenters. The third-order valence-corrected chi connectivity index (χ3v) is 4.22. The molecule has 0 saturated carbocycles. The Morgan fingerprint density at radius 3 is 2.64 bits per heavy atom. The molecule has 1 unspecified atom stereocenters. The van der Waals surface area contributed by atoms with Crippen LogP contribution in [0.2, 0.25) is 0 Å². The Kier molecular flexibility index (Phi) is 5.20. The summed E-state index contributed by atoms with van der Waals surface area (Å²) in [6, 6.07) is 3.27. The molecule has 2 rings (SSSR count). The molecule has 0 aliphatic rings. The summed E-state index contributed by atoms with van der Waals surface area (Å²) < 4.78 is 39.6. The fourth-order valence-electron chi connectivity index (χ4n) is 1.96. The molecule has 7 heteroatoms. The van der Waals surface area contributed by atoms with Gasteiger partial charge in [0, 0.05) is 5.56 Å². The standard InChI is InChI=1S/C15H15F3N2OS/c1-9(20(2)7-10-5-6-22-8-10)15(21)19-12-4-3-11(16)13(17)14(12)18/h3-6,8-9H,7H2,1-2H3,(H,19,21)/p+1/t9-/m1/s1. The summed E-state index contributed by atoms with van der Waals surface area (Å²) in [5, 5.41) is 6.24. The summed E-state index contributed by atoms with van der Waals surface area (Å²) in [4.78, 5) is 13.0. The summed E-state index contributed by atoms with van der Waals surface area (Å²) in [5.41, 5.74) is 0.736. The predicted molar refractivity (Wildman–Crippen MR) is 79.3 cm³/mol. The van der Waals surface area contributed by atoms with E-state index < -0.39 is 29.4 Å². The van der Waals surface area contributed by atoms with Gasteiger partial charge in [-0.25, -0.2) is 13.2 Å². The van der Waals surface area contributed by atoms with Gasteiger partial charge >= 0.3 is 0 Å². The van der Waals surface area contributed by atoms with Crippen LogP contribution in [-0.2, 0) is 11.3 Å². The van der Waals surface area contributed by atoms with Crippen LogP contribution in [0.3, 0.4) is 0 Å². The number of likely N-dealkylation sites (N-methyl/N-ethyl adjacent to an activating group) is 1. The lowest BCUT2D eigenvalue weighted by molar-refractivity contribution is -0.907. The second-order valence-corrected chi connectivity index (χ2v) is 5.87. The minimum Gasteiger partial charge on any atom is -0.324 e. The molecular weight excluding hydrogens is 313 g/mol. The lowest BCUT2D eigenvalue weighted by Crippen LogP contribution is -3.12. The number of anilines is 1. The van der Waals surface area contributed by atoms with Crippen molar-refractivity contribution < 1.29 is 22.9 Å². The number of benzene rings is 1. The molecule has 2 aromatic rings. The van der Waals surface area contributed by atoms with Crippen LogP contribution in [0.5, 0.6) is 0 Å².